The molecule has 160 valence electrons. The van der Waals surface area contributed by atoms with Crippen molar-refractivity contribution in [2.75, 3.05) is 44.6 Å². The molecule has 3 unspecified atom stereocenters. The van der Waals surface area contributed by atoms with Crippen LogP contribution in [0.2, 0.25) is 0 Å². The van der Waals surface area contributed by atoms with Gasteiger partial charge in [-0.3, -0.25) is 4.90 Å². The number of morpholine rings is 1. The van der Waals surface area contributed by atoms with Crippen molar-refractivity contribution in [2.24, 2.45) is 17.8 Å². The van der Waals surface area contributed by atoms with E-state index in [0.717, 1.165) is 49.5 Å². The summed E-state index contributed by atoms with van der Waals surface area (Å²) >= 11 is 0. The molecule has 0 radical (unpaired) electrons. The second kappa shape index (κ2) is 8.66. The number of anilines is 1. The van der Waals surface area contributed by atoms with Crippen molar-refractivity contribution in [1.82, 2.24) is 10.2 Å². The number of rotatable bonds is 7. The highest BCUT2D eigenvalue weighted by molar-refractivity contribution is 5.46. The molecule has 0 spiro atoms. The fourth-order valence-electron chi connectivity index (χ4n) is 5.21. The monoisotopic (exact) mass is 409 g/mol. The number of hydrogen-bond acceptors (Lipinski definition) is 4. The number of ether oxygens (including phenoxy) is 1. The summed E-state index contributed by atoms with van der Waals surface area (Å²) in [5.41, 5.74) is 4.34. The number of halogens is 1. The largest absolute Gasteiger partial charge is 0.385 e. The lowest BCUT2D eigenvalue weighted by Gasteiger charge is -2.24. The second-order valence-corrected chi connectivity index (χ2v) is 9.04. The van der Waals surface area contributed by atoms with Crippen LogP contribution in [0, 0.1) is 23.6 Å². The minimum atomic E-state index is -0.181. The van der Waals surface area contributed by atoms with Crippen molar-refractivity contribution in [1.29, 1.82) is 0 Å². The lowest BCUT2D eigenvalue weighted by Crippen LogP contribution is -2.33. The summed E-state index contributed by atoms with van der Waals surface area (Å²) in [6.45, 7) is 8.71. The summed E-state index contributed by atoms with van der Waals surface area (Å²) in [7, 11) is 0. The molecule has 2 heterocycles. The first-order valence-corrected chi connectivity index (χ1v) is 11.4. The van der Waals surface area contributed by atoms with Crippen LogP contribution in [0.4, 0.5) is 10.1 Å². The molecule has 0 bridgehead atoms. The molecule has 3 fully saturated rings. The van der Waals surface area contributed by atoms with Crippen molar-refractivity contribution in [3.8, 4) is 0 Å². The molecule has 3 aliphatic rings. The summed E-state index contributed by atoms with van der Waals surface area (Å²) < 4.78 is 20.2. The third-order valence-corrected chi connectivity index (χ3v) is 7.10. The molecule has 5 rings (SSSR count). The van der Waals surface area contributed by atoms with Gasteiger partial charge in [0.05, 0.1) is 12.7 Å². The Bertz CT molecular complexity index is 853. The van der Waals surface area contributed by atoms with E-state index >= 15 is 0 Å². The van der Waals surface area contributed by atoms with Crippen LogP contribution in [0.3, 0.4) is 0 Å². The summed E-state index contributed by atoms with van der Waals surface area (Å²) in [4.78, 5) is 2.58. The lowest BCUT2D eigenvalue weighted by molar-refractivity contribution is 0.0255. The number of piperidine rings is 1. The Morgan fingerprint density at radius 1 is 1.10 bits per heavy atom. The molecule has 2 aliphatic heterocycles. The van der Waals surface area contributed by atoms with E-state index in [-0.39, 0.29) is 11.9 Å². The van der Waals surface area contributed by atoms with Crippen LogP contribution >= 0.6 is 0 Å². The fraction of sp³-hybridized carbons (Fsp3) is 0.520. The Balaban J connectivity index is 1.08. The van der Waals surface area contributed by atoms with Gasteiger partial charge in [-0.2, -0.15) is 0 Å². The molecule has 2 saturated heterocycles. The molecule has 1 saturated carbocycles. The maximum Gasteiger partial charge on any atom is 0.131 e. The molecule has 4 nitrogen and oxygen atoms in total. The Morgan fingerprint density at radius 2 is 1.87 bits per heavy atom. The predicted octanol–water partition coefficient (Wildman–Crippen LogP) is 3.84. The topological polar surface area (TPSA) is 36.5 Å². The number of fused-ring (bicyclic) bond motifs is 1. The van der Waals surface area contributed by atoms with E-state index in [0.29, 0.717) is 18.7 Å². The summed E-state index contributed by atoms with van der Waals surface area (Å²) in [6, 6.07) is 14.5. The highest BCUT2D eigenvalue weighted by Crippen LogP contribution is 2.51. The average Bonchev–Trinajstić information content (AvgIpc) is 3.24. The van der Waals surface area contributed by atoms with Crippen LogP contribution in [-0.2, 0) is 17.7 Å². The van der Waals surface area contributed by atoms with E-state index in [1.807, 2.05) is 12.1 Å². The number of benzene rings is 2. The van der Waals surface area contributed by atoms with E-state index < -0.39 is 0 Å². The molecule has 0 amide bonds. The van der Waals surface area contributed by atoms with Crippen LogP contribution in [0.5, 0.6) is 0 Å². The number of likely N-dealkylation sites (tertiary alicyclic amines) is 1. The van der Waals surface area contributed by atoms with Gasteiger partial charge in [-0.25, -0.2) is 4.39 Å². The van der Waals surface area contributed by atoms with Gasteiger partial charge in [-0.1, -0.05) is 37.3 Å². The van der Waals surface area contributed by atoms with Gasteiger partial charge in [0.25, 0.3) is 0 Å². The average molecular weight is 410 g/mol. The van der Waals surface area contributed by atoms with Crippen LogP contribution in [0.1, 0.15) is 29.7 Å². The predicted molar refractivity (Wildman–Crippen MR) is 118 cm³/mol. The fourth-order valence-corrected chi connectivity index (χ4v) is 5.21. The van der Waals surface area contributed by atoms with Gasteiger partial charge in [-0.15, -0.1) is 0 Å². The number of nitrogens with one attached hydrogen (secondary N) is 2. The SMILES string of the molecule is CCc1ccc(CN2CC3C(CNc4ccc(C5CNCCO5)c(F)c4)C3C2)cc1. The first-order valence-electron chi connectivity index (χ1n) is 11.4. The Morgan fingerprint density at radius 3 is 2.53 bits per heavy atom. The maximum absolute atomic E-state index is 14.6. The van der Waals surface area contributed by atoms with E-state index in [1.165, 1.54) is 24.2 Å². The second-order valence-electron chi connectivity index (χ2n) is 9.04. The number of hydrogen-bond donors (Lipinski definition) is 2. The molecule has 5 heteroatoms. The third-order valence-electron chi connectivity index (χ3n) is 7.10. The standard InChI is InChI=1S/C25H32FN3O/c1-2-17-3-5-18(6-4-17)14-29-15-22-21(23(22)16-29)12-28-19-7-8-20(24(26)11-19)25-13-27-9-10-30-25/h3-8,11,21-23,25,27-28H,2,9-10,12-16H2,1H3. The molecule has 2 aromatic carbocycles. The molecule has 2 N–H and O–H groups in total. The zero-order chi connectivity index (χ0) is 20.5. The minimum absolute atomic E-state index is 0.176. The first-order chi connectivity index (χ1) is 14.7. The summed E-state index contributed by atoms with van der Waals surface area (Å²) in [5, 5.41) is 6.73. The molecule has 0 aromatic heterocycles. The first kappa shape index (κ1) is 20.0. The van der Waals surface area contributed by atoms with E-state index in [9.17, 15) is 4.39 Å². The Labute approximate surface area is 178 Å². The number of aryl methyl sites for hydroxylation is 1. The lowest BCUT2D eigenvalue weighted by atomic mass is 10.1. The van der Waals surface area contributed by atoms with Gasteiger partial charge in [0.1, 0.15) is 5.82 Å². The van der Waals surface area contributed by atoms with Gasteiger partial charge >= 0.3 is 0 Å². The van der Waals surface area contributed by atoms with E-state index in [1.54, 1.807) is 6.07 Å². The Kier molecular flexibility index (Phi) is 5.77. The van der Waals surface area contributed by atoms with Crippen molar-refractivity contribution in [3.05, 3.63) is 65.0 Å². The van der Waals surface area contributed by atoms with Crippen molar-refractivity contribution < 1.29 is 9.13 Å². The summed E-state index contributed by atoms with van der Waals surface area (Å²) in [6.07, 6.45) is 0.917. The normalized spacial score (nSPS) is 28.3. The van der Waals surface area contributed by atoms with Crippen molar-refractivity contribution in [3.63, 3.8) is 0 Å². The van der Waals surface area contributed by atoms with E-state index in [4.69, 9.17) is 4.74 Å². The molecule has 30 heavy (non-hydrogen) atoms. The zero-order valence-corrected chi connectivity index (χ0v) is 17.7. The molecule has 1 aliphatic carbocycles. The quantitative estimate of drug-likeness (QED) is 0.729. The van der Waals surface area contributed by atoms with Crippen LogP contribution in [-0.4, -0.2) is 44.2 Å². The molecular weight excluding hydrogens is 377 g/mol. The van der Waals surface area contributed by atoms with Crippen LogP contribution in [0.15, 0.2) is 42.5 Å². The molecular formula is C25H32FN3O. The summed E-state index contributed by atoms with van der Waals surface area (Å²) in [5.74, 6) is 2.12. The Hall–Kier alpha value is -1.95. The third kappa shape index (κ3) is 4.25. The highest BCUT2D eigenvalue weighted by atomic mass is 19.1. The van der Waals surface area contributed by atoms with Gasteiger partial charge in [-0.05, 0) is 47.4 Å². The molecule has 2 aromatic rings. The van der Waals surface area contributed by atoms with Gasteiger partial charge in [0.15, 0.2) is 0 Å². The van der Waals surface area contributed by atoms with Gasteiger partial charge < -0.3 is 15.4 Å². The maximum atomic E-state index is 14.6. The van der Waals surface area contributed by atoms with Crippen molar-refractivity contribution >= 4 is 5.69 Å². The smallest absolute Gasteiger partial charge is 0.131 e. The number of nitrogens with zero attached hydrogens (tertiary/aromatic N) is 1. The van der Waals surface area contributed by atoms with Gasteiger partial charge in [0.2, 0.25) is 0 Å². The van der Waals surface area contributed by atoms with Crippen molar-refractivity contribution in [2.45, 2.75) is 26.0 Å². The minimum Gasteiger partial charge on any atom is -0.385 e. The van der Waals surface area contributed by atoms with E-state index in [2.05, 4.69) is 46.7 Å². The molecule has 3 atom stereocenters. The van der Waals surface area contributed by atoms with Gasteiger partial charge in [0, 0.05) is 50.5 Å². The zero-order valence-electron chi connectivity index (χ0n) is 17.7. The van der Waals surface area contributed by atoms with Crippen LogP contribution < -0.4 is 10.6 Å². The van der Waals surface area contributed by atoms with Crippen LogP contribution in [0.25, 0.3) is 0 Å². The highest BCUT2D eigenvalue weighted by Gasteiger charge is 2.54.